The van der Waals surface area contributed by atoms with Gasteiger partial charge in [-0.15, -0.1) is 23.1 Å². The van der Waals surface area contributed by atoms with Crippen molar-refractivity contribution < 1.29 is 4.79 Å². The summed E-state index contributed by atoms with van der Waals surface area (Å²) in [7, 11) is 0. The second kappa shape index (κ2) is 7.95. The molecule has 2 N–H and O–H groups in total. The zero-order chi connectivity index (χ0) is 20.6. The van der Waals surface area contributed by atoms with Crippen molar-refractivity contribution in [3.63, 3.8) is 0 Å². The molecule has 1 amide bonds. The van der Waals surface area contributed by atoms with E-state index in [4.69, 9.17) is 0 Å². The number of aromatic nitrogens is 2. The predicted molar refractivity (Wildman–Crippen MR) is 122 cm³/mol. The summed E-state index contributed by atoms with van der Waals surface area (Å²) < 4.78 is 0. The monoisotopic (exact) mass is 427 g/mol. The predicted octanol–water partition coefficient (Wildman–Crippen LogP) is 4.64. The van der Waals surface area contributed by atoms with Crippen LogP contribution in [-0.4, -0.2) is 21.6 Å². The highest BCUT2D eigenvalue weighted by molar-refractivity contribution is 7.99. The average molecular weight is 428 g/mol. The number of anilines is 1. The fraction of sp³-hybridized carbons (Fsp3) is 0.409. The lowest BCUT2D eigenvalue weighted by Gasteiger charge is -2.19. The Hall–Kier alpha value is -2.12. The van der Waals surface area contributed by atoms with Gasteiger partial charge in [0, 0.05) is 10.6 Å². The Morgan fingerprint density at radius 2 is 2.00 bits per heavy atom. The zero-order valence-corrected chi connectivity index (χ0v) is 18.6. The Labute approximate surface area is 178 Å². The summed E-state index contributed by atoms with van der Waals surface area (Å²) >= 11 is 3.09. The number of aromatic amines is 1. The number of nitrogens with one attached hydrogen (secondary N) is 2. The van der Waals surface area contributed by atoms with Crippen LogP contribution in [0.5, 0.6) is 0 Å². The van der Waals surface area contributed by atoms with Gasteiger partial charge in [-0.05, 0) is 47.9 Å². The second-order valence-corrected chi connectivity index (χ2v) is 10.5. The number of carbonyl (C=O) groups excluding carboxylic acids is 1. The van der Waals surface area contributed by atoms with Gasteiger partial charge in [0.2, 0.25) is 5.91 Å². The van der Waals surface area contributed by atoms with Crippen molar-refractivity contribution in [1.29, 1.82) is 0 Å². The number of hydrogen-bond acceptors (Lipinski definition) is 5. The Morgan fingerprint density at radius 3 is 2.72 bits per heavy atom. The number of rotatable bonds is 5. The number of thiophene rings is 1. The molecule has 2 heterocycles. The normalized spacial score (nSPS) is 13.6. The summed E-state index contributed by atoms with van der Waals surface area (Å²) in [4.78, 5) is 34.4. The molecule has 0 spiro atoms. The van der Waals surface area contributed by atoms with Crippen LogP contribution in [0.3, 0.4) is 0 Å². The summed E-state index contributed by atoms with van der Waals surface area (Å²) in [5.41, 5.74) is 3.26. The van der Waals surface area contributed by atoms with Crippen LogP contribution in [0.2, 0.25) is 0 Å². The molecule has 0 saturated heterocycles. The lowest BCUT2D eigenvalue weighted by molar-refractivity contribution is -0.113. The number of thioether (sulfide) groups is 1. The molecule has 0 aliphatic heterocycles. The van der Waals surface area contributed by atoms with Crippen molar-refractivity contribution in [2.24, 2.45) is 0 Å². The van der Waals surface area contributed by atoms with E-state index in [0.29, 0.717) is 17.3 Å². The number of benzene rings is 1. The molecule has 0 bridgehead atoms. The number of carbonyl (C=O) groups is 1. The van der Waals surface area contributed by atoms with E-state index in [1.54, 1.807) is 11.3 Å². The highest BCUT2D eigenvalue weighted by atomic mass is 32.2. The highest BCUT2D eigenvalue weighted by Crippen LogP contribution is 2.34. The molecule has 4 rings (SSSR count). The number of aryl methyl sites for hydroxylation is 2. The molecule has 2 aromatic heterocycles. The number of amides is 1. The van der Waals surface area contributed by atoms with E-state index in [9.17, 15) is 9.59 Å². The van der Waals surface area contributed by atoms with E-state index >= 15 is 0 Å². The van der Waals surface area contributed by atoms with Crippen molar-refractivity contribution >= 4 is 44.9 Å². The van der Waals surface area contributed by atoms with Crippen LogP contribution in [-0.2, 0) is 28.8 Å². The molecule has 3 aromatic rings. The molecule has 0 atom stereocenters. The van der Waals surface area contributed by atoms with Gasteiger partial charge < -0.3 is 10.3 Å². The third kappa shape index (κ3) is 4.41. The summed E-state index contributed by atoms with van der Waals surface area (Å²) in [5.74, 6) is 1.39. The van der Waals surface area contributed by atoms with Gasteiger partial charge >= 0.3 is 0 Å². The van der Waals surface area contributed by atoms with Gasteiger partial charge in [-0.1, -0.05) is 32.9 Å². The fourth-order valence-electron chi connectivity index (χ4n) is 3.61. The minimum atomic E-state index is -0.0583. The molecule has 152 valence electrons. The lowest BCUT2D eigenvalue weighted by atomic mass is 9.87. The van der Waals surface area contributed by atoms with Gasteiger partial charge in [0.15, 0.2) is 0 Å². The topological polar surface area (TPSA) is 74.8 Å². The van der Waals surface area contributed by atoms with Crippen LogP contribution in [0.15, 0.2) is 29.1 Å². The largest absolute Gasteiger partial charge is 0.325 e. The van der Waals surface area contributed by atoms with E-state index < -0.39 is 0 Å². The Bertz CT molecular complexity index is 1110. The van der Waals surface area contributed by atoms with Crippen molar-refractivity contribution in [3.05, 3.63) is 56.4 Å². The molecule has 7 heteroatoms. The number of nitrogens with zero attached hydrogens (tertiary/aromatic N) is 1. The highest BCUT2D eigenvalue weighted by Gasteiger charge is 2.21. The van der Waals surface area contributed by atoms with Crippen LogP contribution in [0.4, 0.5) is 5.69 Å². The molecular weight excluding hydrogens is 402 g/mol. The van der Waals surface area contributed by atoms with Crippen LogP contribution in [0.1, 0.15) is 49.0 Å². The van der Waals surface area contributed by atoms with E-state index in [1.165, 1.54) is 27.8 Å². The standard InChI is InChI=1S/C22H25N3O2S2/c1-22(2,3)13-7-9-14(10-8-13)23-18(26)12-28-11-17-24-20(27)19-15-5-4-6-16(15)29-21(19)25-17/h7-10H,4-6,11-12H2,1-3H3,(H,23,26)(H,24,25,27). The molecule has 0 saturated carbocycles. The maximum atomic E-state index is 12.5. The molecule has 0 fully saturated rings. The lowest BCUT2D eigenvalue weighted by Crippen LogP contribution is -2.16. The van der Waals surface area contributed by atoms with Crippen LogP contribution >= 0.6 is 23.1 Å². The Balaban J connectivity index is 1.34. The number of H-pyrrole nitrogens is 1. The Kier molecular flexibility index (Phi) is 5.53. The van der Waals surface area contributed by atoms with E-state index in [-0.39, 0.29) is 16.9 Å². The van der Waals surface area contributed by atoms with Gasteiger partial charge in [-0.25, -0.2) is 4.98 Å². The SMILES string of the molecule is CC(C)(C)c1ccc(NC(=O)CSCc2nc3sc4c(c3c(=O)[nH]2)CCC4)cc1. The van der Waals surface area contributed by atoms with Gasteiger partial charge in [0.1, 0.15) is 10.7 Å². The van der Waals surface area contributed by atoms with Crippen molar-refractivity contribution in [2.45, 2.75) is 51.2 Å². The van der Waals surface area contributed by atoms with Crippen molar-refractivity contribution in [1.82, 2.24) is 9.97 Å². The van der Waals surface area contributed by atoms with E-state index in [0.717, 1.165) is 35.2 Å². The van der Waals surface area contributed by atoms with Gasteiger partial charge in [0.05, 0.1) is 16.9 Å². The second-order valence-electron chi connectivity index (χ2n) is 8.42. The first-order valence-electron chi connectivity index (χ1n) is 9.83. The first-order valence-corrected chi connectivity index (χ1v) is 11.8. The first kappa shape index (κ1) is 20.2. The average Bonchev–Trinajstić information content (AvgIpc) is 3.22. The molecule has 1 aliphatic carbocycles. The maximum Gasteiger partial charge on any atom is 0.259 e. The van der Waals surface area contributed by atoms with Crippen LogP contribution in [0, 0.1) is 0 Å². The van der Waals surface area contributed by atoms with Gasteiger partial charge in [-0.3, -0.25) is 9.59 Å². The molecule has 1 aromatic carbocycles. The molecule has 5 nitrogen and oxygen atoms in total. The summed E-state index contributed by atoms with van der Waals surface area (Å²) in [5, 5.41) is 3.69. The number of fused-ring (bicyclic) bond motifs is 3. The van der Waals surface area contributed by atoms with E-state index in [1.807, 2.05) is 24.3 Å². The smallest absolute Gasteiger partial charge is 0.259 e. The summed E-state index contributed by atoms with van der Waals surface area (Å²) in [6.07, 6.45) is 3.16. The van der Waals surface area contributed by atoms with Crippen LogP contribution < -0.4 is 10.9 Å². The maximum absolute atomic E-state index is 12.5. The third-order valence-electron chi connectivity index (χ3n) is 5.13. The molecule has 1 aliphatic rings. The molecular formula is C22H25N3O2S2. The molecule has 29 heavy (non-hydrogen) atoms. The molecule has 0 radical (unpaired) electrons. The molecule has 0 unspecified atom stereocenters. The first-order chi connectivity index (χ1) is 13.8. The zero-order valence-electron chi connectivity index (χ0n) is 16.9. The van der Waals surface area contributed by atoms with Crippen molar-refractivity contribution in [2.75, 3.05) is 11.1 Å². The Morgan fingerprint density at radius 1 is 1.24 bits per heavy atom. The van der Waals surface area contributed by atoms with Crippen molar-refractivity contribution in [3.8, 4) is 0 Å². The van der Waals surface area contributed by atoms with E-state index in [2.05, 4.69) is 36.1 Å². The minimum Gasteiger partial charge on any atom is -0.325 e. The number of hydrogen-bond donors (Lipinski definition) is 2. The summed E-state index contributed by atoms with van der Waals surface area (Å²) in [6, 6.07) is 7.97. The van der Waals surface area contributed by atoms with Crippen LogP contribution in [0.25, 0.3) is 10.2 Å². The van der Waals surface area contributed by atoms with Gasteiger partial charge in [-0.2, -0.15) is 0 Å². The minimum absolute atomic E-state index is 0.0478. The fourth-order valence-corrected chi connectivity index (χ4v) is 5.58. The third-order valence-corrected chi connectivity index (χ3v) is 7.26. The summed E-state index contributed by atoms with van der Waals surface area (Å²) in [6.45, 7) is 6.49. The van der Waals surface area contributed by atoms with Gasteiger partial charge in [0.25, 0.3) is 5.56 Å². The quantitative estimate of drug-likeness (QED) is 0.622.